The fraction of sp³-hybridized carbons (Fsp3) is 0.143. The number of nitrogens with zero attached hydrogens (tertiary/aromatic N) is 3. The van der Waals surface area contributed by atoms with Crippen LogP contribution in [0.3, 0.4) is 0 Å². The molecule has 0 spiro atoms. The normalized spacial score (nSPS) is 11.8. The van der Waals surface area contributed by atoms with Crippen LogP contribution in [0.5, 0.6) is 11.5 Å². The molecule has 8 heteroatoms. The molecular weight excluding hydrogens is 299 g/mol. The molecule has 114 valence electrons. The third kappa shape index (κ3) is 2.54. The number of rotatable bonds is 2. The lowest BCUT2D eigenvalue weighted by Crippen LogP contribution is -2.17. The van der Waals surface area contributed by atoms with E-state index in [0.717, 1.165) is 18.2 Å². The zero-order chi connectivity index (χ0) is 15.9. The molecule has 1 N–H and O–H groups in total. The van der Waals surface area contributed by atoms with Crippen LogP contribution in [0.25, 0.3) is 16.8 Å². The number of aryl methyl sites for hydroxylation is 1. The van der Waals surface area contributed by atoms with Crippen molar-refractivity contribution < 1.29 is 23.0 Å². The Labute approximate surface area is 122 Å². The van der Waals surface area contributed by atoms with Crippen molar-refractivity contribution in [2.45, 2.75) is 13.3 Å². The van der Waals surface area contributed by atoms with Crippen molar-refractivity contribution in [2.75, 3.05) is 0 Å². The van der Waals surface area contributed by atoms with Gasteiger partial charge in [0.25, 0.3) is 0 Å². The average molecular weight is 309 g/mol. The van der Waals surface area contributed by atoms with Crippen molar-refractivity contribution in [1.29, 1.82) is 0 Å². The van der Waals surface area contributed by atoms with Gasteiger partial charge in [-0.05, 0) is 31.2 Å². The number of alkyl halides is 3. The van der Waals surface area contributed by atoms with Crippen LogP contribution in [0, 0.1) is 6.92 Å². The van der Waals surface area contributed by atoms with Gasteiger partial charge in [0, 0.05) is 18.0 Å². The lowest BCUT2D eigenvalue weighted by atomic mass is 10.0. The monoisotopic (exact) mass is 309 g/mol. The number of aromatic nitrogens is 3. The van der Waals surface area contributed by atoms with Crippen LogP contribution in [0.15, 0.2) is 36.7 Å². The first-order valence-corrected chi connectivity index (χ1v) is 6.24. The van der Waals surface area contributed by atoms with Crippen molar-refractivity contribution in [1.82, 2.24) is 14.6 Å². The standard InChI is InChI=1S/C14H10F3N3O2/c1-8-12(13-18-5-2-6-20(13)19-8)10-7-9(3-4-11(10)21)22-14(15,16)17/h2-7,21H,1H3. The molecule has 0 aliphatic heterocycles. The fourth-order valence-corrected chi connectivity index (χ4v) is 2.22. The first-order valence-electron chi connectivity index (χ1n) is 6.24. The Balaban J connectivity index is 2.18. The molecule has 1 aromatic carbocycles. The van der Waals surface area contributed by atoms with E-state index in [-0.39, 0.29) is 11.3 Å². The van der Waals surface area contributed by atoms with Crippen molar-refractivity contribution >= 4 is 5.65 Å². The number of phenols is 1. The molecule has 22 heavy (non-hydrogen) atoms. The number of hydrogen-bond donors (Lipinski definition) is 1. The van der Waals surface area contributed by atoms with Crippen molar-refractivity contribution in [3.05, 3.63) is 42.4 Å². The first kappa shape index (κ1) is 14.2. The number of hydrogen-bond acceptors (Lipinski definition) is 4. The van der Waals surface area contributed by atoms with Crippen LogP contribution in [0.4, 0.5) is 13.2 Å². The molecule has 0 bridgehead atoms. The Morgan fingerprint density at radius 2 is 2.05 bits per heavy atom. The summed E-state index contributed by atoms with van der Waals surface area (Å²) < 4.78 is 42.4. The van der Waals surface area contributed by atoms with Gasteiger partial charge < -0.3 is 9.84 Å². The maximum atomic E-state index is 12.3. The summed E-state index contributed by atoms with van der Waals surface area (Å²) in [4.78, 5) is 4.15. The molecule has 0 aliphatic carbocycles. The van der Waals surface area contributed by atoms with Crippen LogP contribution in [0.1, 0.15) is 5.69 Å². The van der Waals surface area contributed by atoms with E-state index in [4.69, 9.17) is 0 Å². The Morgan fingerprint density at radius 3 is 2.77 bits per heavy atom. The highest BCUT2D eigenvalue weighted by Gasteiger charge is 2.31. The molecule has 0 amide bonds. The number of ether oxygens (including phenoxy) is 1. The van der Waals surface area contributed by atoms with Gasteiger partial charge in [0.05, 0.1) is 11.3 Å². The summed E-state index contributed by atoms with van der Waals surface area (Å²) in [6, 6.07) is 4.97. The molecule has 0 unspecified atom stereocenters. The molecule has 0 radical (unpaired) electrons. The summed E-state index contributed by atoms with van der Waals surface area (Å²) in [5.41, 5.74) is 1.58. The largest absolute Gasteiger partial charge is 0.573 e. The molecule has 2 aromatic heterocycles. The Morgan fingerprint density at radius 1 is 1.27 bits per heavy atom. The third-order valence-electron chi connectivity index (χ3n) is 3.04. The van der Waals surface area contributed by atoms with E-state index >= 15 is 0 Å². The van der Waals surface area contributed by atoms with Gasteiger partial charge >= 0.3 is 6.36 Å². The summed E-state index contributed by atoms with van der Waals surface area (Å²) >= 11 is 0. The smallest absolute Gasteiger partial charge is 0.507 e. The molecule has 2 heterocycles. The minimum absolute atomic E-state index is 0.174. The Kier molecular flexibility index (Phi) is 3.16. The van der Waals surface area contributed by atoms with Crippen LogP contribution < -0.4 is 4.74 Å². The molecule has 0 saturated heterocycles. The summed E-state index contributed by atoms with van der Waals surface area (Å²) in [6.07, 6.45) is -1.61. The van der Waals surface area contributed by atoms with Gasteiger partial charge in [0.1, 0.15) is 11.5 Å². The van der Waals surface area contributed by atoms with Gasteiger partial charge in [-0.3, -0.25) is 0 Å². The number of aromatic hydroxyl groups is 1. The molecule has 0 saturated carbocycles. The maximum Gasteiger partial charge on any atom is 0.573 e. The molecule has 0 atom stereocenters. The zero-order valence-electron chi connectivity index (χ0n) is 11.3. The van der Waals surface area contributed by atoms with Gasteiger partial charge in [0.15, 0.2) is 5.65 Å². The average Bonchev–Trinajstić information content (AvgIpc) is 2.75. The maximum absolute atomic E-state index is 12.3. The van der Waals surface area contributed by atoms with Crippen LogP contribution in [0.2, 0.25) is 0 Å². The lowest BCUT2D eigenvalue weighted by molar-refractivity contribution is -0.274. The second-order valence-electron chi connectivity index (χ2n) is 4.58. The summed E-state index contributed by atoms with van der Waals surface area (Å²) in [5.74, 6) is -0.604. The van der Waals surface area contributed by atoms with Crippen molar-refractivity contribution in [3.8, 4) is 22.6 Å². The van der Waals surface area contributed by atoms with Crippen LogP contribution in [-0.4, -0.2) is 26.1 Å². The molecule has 5 nitrogen and oxygen atoms in total. The molecule has 3 rings (SSSR count). The quantitative estimate of drug-likeness (QED) is 0.789. The molecule has 0 fully saturated rings. The number of fused-ring (bicyclic) bond motifs is 1. The van der Waals surface area contributed by atoms with E-state index in [1.807, 2.05) is 0 Å². The highest BCUT2D eigenvalue weighted by atomic mass is 19.4. The SMILES string of the molecule is Cc1nn2cccnc2c1-c1cc(OC(F)(F)F)ccc1O. The van der Waals surface area contributed by atoms with E-state index in [1.165, 1.54) is 10.7 Å². The predicted octanol–water partition coefficient (Wildman–Crippen LogP) is 3.31. The van der Waals surface area contributed by atoms with Crippen molar-refractivity contribution in [2.24, 2.45) is 0 Å². The number of benzene rings is 1. The van der Waals surface area contributed by atoms with Gasteiger partial charge in [-0.15, -0.1) is 13.2 Å². The Hall–Kier alpha value is -2.77. The Bertz CT molecular complexity index is 843. The van der Waals surface area contributed by atoms with Gasteiger partial charge in [-0.25, -0.2) is 9.50 Å². The van der Waals surface area contributed by atoms with Gasteiger partial charge in [-0.2, -0.15) is 5.10 Å². The van der Waals surface area contributed by atoms with E-state index in [9.17, 15) is 18.3 Å². The molecular formula is C14H10F3N3O2. The van der Waals surface area contributed by atoms with Gasteiger partial charge in [0.2, 0.25) is 0 Å². The highest BCUT2D eigenvalue weighted by Crippen LogP contribution is 2.37. The van der Waals surface area contributed by atoms with E-state index < -0.39 is 12.1 Å². The van der Waals surface area contributed by atoms with Crippen LogP contribution >= 0.6 is 0 Å². The zero-order valence-corrected chi connectivity index (χ0v) is 11.3. The lowest BCUT2D eigenvalue weighted by Gasteiger charge is -2.11. The molecule has 3 aromatic rings. The van der Waals surface area contributed by atoms with E-state index in [2.05, 4.69) is 14.8 Å². The minimum atomic E-state index is -4.80. The van der Waals surface area contributed by atoms with E-state index in [1.54, 1.807) is 19.2 Å². The summed E-state index contributed by atoms with van der Waals surface area (Å²) in [6.45, 7) is 1.68. The highest BCUT2D eigenvalue weighted by molar-refractivity contribution is 5.84. The minimum Gasteiger partial charge on any atom is -0.507 e. The summed E-state index contributed by atoms with van der Waals surface area (Å²) in [5, 5.41) is 14.2. The first-order chi connectivity index (χ1) is 10.3. The fourth-order valence-electron chi connectivity index (χ4n) is 2.22. The third-order valence-corrected chi connectivity index (χ3v) is 3.04. The summed E-state index contributed by atoms with van der Waals surface area (Å²) in [7, 11) is 0. The van der Waals surface area contributed by atoms with E-state index in [0.29, 0.717) is 16.9 Å². The van der Waals surface area contributed by atoms with Crippen molar-refractivity contribution in [3.63, 3.8) is 0 Å². The van der Waals surface area contributed by atoms with Gasteiger partial charge in [-0.1, -0.05) is 0 Å². The second-order valence-corrected chi connectivity index (χ2v) is 4.58. The number of phenolic OH excluding ortho intramolecular Hbond substituents is 1. The molecule has 0 aliphatic rings. The predicted molar refractivity (Wildman–Crippen MR) is 71.5 cm³/mol. The number of halogens is 3. The van der Waals surface area contributed by atoms with Crippen LogP contribution in [-0.2, 0) is 0 Å². The second kappa shape index (κ2) is 4.90. The topological polar surface area (TPSA) is 59.7 Å².